The van der Waals surface area contributed by atoms with Gasteiger partial charge >= 0.3 is 5.69 Å². The Bertz CT molecular complexity index is 1240. The summed E-state index contributed by atoms with van der Waals surface area (Å²) in [7, 11) is 0. The van der Waals surface area contributed by atoms with Gasteiger partial charge in [0.25, 0.3) is 0 Å². The first kappa shape index (κ1) is 18.0. The number of nitrogens with one attached hydrogen (secondary N) is 1. The van der Waals surface area contributed by atoms with Crippen LogP contribution in [0.1, 0.15) is 27.9 Å². The van der Waals surface area contributed by atoms with Gasteiger partial charge in [0.2, 0.25) is 5.95 Å². The van der Waals surface area contributed by atoms with Crippen molar-refractivity contribution >= 4 is 17.3 Å². The van der Waals surface area contributed by atoms with Gasteiger partial charge in [-0.15, -0.1) is 5.10 Å². The predicted molar refractivity (Wildman–Crippen MR) is 111 cm³/mol. The number of nitrogens with zero attached hydrogens (tertiary/aromatic N) is 4. The molecule has 0 amide bonds. The number of anilines is 2. The minimum Gasteiger partial charge on any atom is -0.325 e. The maximum atomic E-state index is 13.0. The number of hydrogen-bond acceptors (Lipinski definition) is 4. The van der Waals surface area contributed by atoms with E-state index >= 15 is 0 Å². The minimum absolute atomic E-state index is 0.213. The van der Waals surface area contributed by atoms with E-state index in [9.17, 15) is 4.79 Å². The van der Waals surface area contributed by atoms with E-state index in [-0.39, 0.29) is 5.69 Å². The number of hydrogen-bond donors (Lipinski definition) is 1. The summed E-state index contributed by atoms with van der Waals surface area (Å²) in [6.45, 7) is 8.49. The molecule has 0 atom stereocenters. The first-order valence-corrected chi connectivity index (χ1v) is 9.28. The molecule has 2 aromatic heterocycles. The maximum Gasteiger partial charge on any atom is 0.353 e. The Morgan fingerprint density at radius 2 is 1.79 bits per heavy atom. The van der Waals surface area contributed by atoms with Crippen molar-refractivity contribution in [2.24, 2.45) is 0 Å². The Hall–Kier alpha value is -3.41. The van der Waals surface area contributed by atoms with Crippen LogP contribution in [0.25, 0.3) is 5.65 Å². The molecule has 0 fully saturated rings. The molecule has 1 N–H and O–H groups in total. The fraction of sp³-hybridized carbons (Fsp3) is 0.227. The fourth-order valence-corrected chi connectivity index (χ4v) is 3.27. The van der Waals surface area contributed by atoms with Gasteiger partial charge in [0.1, 0.15) is 0 Å². The highest BCUT2D eigenvalue weighted by atomic mass is 16.2. The molecular weight excluding hydrogens is 350 g/mol. The molecule has 0 bridgehead atoms. The van der Waals surface area contributed by atoms with E-state index in [1.165, 1.54) is 20.2 Å². The van der Waals surface area contributed by atoms with E-state index in [1.54, 1.807) is 0 Å². The van der Waals surface area contributed by atoms with Gasteiger partial charge in [-0.05, 0) is 56.5 Å². The first-order chi connectivity index (χ1) is 13.4. The first-order valence-electron chi connectivity index (χ1n) is 9.28. The van der Waals surface area contributed by atoms with Crippen molar-refractivity contribution in [2.45, 2.75) is 34.2 Å². The smallest absolute Gasteiger partial charge is 0.325 e. The molecule has 4 aromatic rings. The Kier molecular flexibility index (Phi) is 4.47. The molecule has 6 nitrogen and oxygen atoms in total. The Balaban J connectivity index is 1.78. The van der Waals surface area contributed by atoms with Gasteiger partial charge in [0.15, 0.2) is 5.65 Å². The van der Waals surface area contributed by atoms with Crippen molar-refractivity contribution in [3.05, 3.63) is 87.0 Å². The van der Waals surface area contributed by atoms with Gasteiger partial charge in [0, 0.05) is 17.4 Å². The van der Waals surface area contributed by atoms with Gasteiger partial charge in [0.05, 0.1) is 6.54 Å². The van der Waals surface area contributed by atoms with Crippen LogP contribution < -0.4 is 11.0 Å². The van der Waals surface area contributed by atoms with Crippen molar-refractivity contribution in [2.75, 3.05) is 5.32 Å². The number of aryl methyl sites for hydroxylation is 4. The lowest BCUT2D eigenvalue weighted by molar-refractivity contribution is 0.658. The lowest BCUT2D eigenvalue weighted by atomic mass is 10.1. The summed E-state index contributed by atoms with van der Waals surface area (Å²) in [5.41, 5.74) is 6.65. The zero-order valence-electron chi connectivity index (χ0n) is 16.5. The molecule has 0 aliphatic heterocycles. The Morgan fingerprint density at radius 3 is 2.54 bits per heavy atom. The van der Waals surface area contributed by atoms with Gasteiger partial charge in [-0.1, -0.05) is 35.9 Å². The summed E-state index contributed by atoms with van der Waals surface area (Å²) in [5, 5.41) is 7.80. The third-order valence-electron chi connectivity index (χ3n) is 4.87. The third-order valence-corrected chi connectivity index (χ3v) is 4.87. The van der Waals surface area contributed by atoms with E-state index in [0.717, 1.165) is 22.5 Å². The largest absolute Gasteiger partial charge is 0.353 e. The van der Waals surface area contributed by atoms with Crippen molar-refractivity contribution in [1.82, 2.24) is 19.2 Å². The van der Waals surface area contributed by atoms with Crippen LogP contribution in [-0.4, -0.2) is 19.2 Å². The summed E-state index contributed by atoms with van der Waals surface area (Å²) in [4.78, 5) is 17.6. The zero-order chi connectivity index (χ0) is 19.8. The molecule has 0 aliphatic rings. The molecule has 6 heteroatoms. The van der Waals surface area contributed by atoms with E-state index in [4.69, 9.17) is 0 Å². The van der Waals surface area contributed by atoms with Crippen LogP contribution in [0, 0.1) is 27.7 Å². The molecule has 0 aliphatic carbocycles. The average Bonchev–Trinajstić information content (AvgIpc) is 2.93. The highest BCUT2D eigenvalue weighted by molar-refractivity contribution is 5.58. The highest BCUT2D eigenvalue weighted by Gasteiger charge is 2.14. The third kappa shape index (κ3) is 3.41. The van der Waals surface area contributed by atoms with Crippen molar-refractivity contribution in [1.29, 1.82) is 0 Å². The molecule has 0 spiro atoms. The summed E-state index contributed by atoms with van der Waals surface area (Å²) in [6, 6.07) is 16.0. The number of aromatic nitrogens is 4. The Labute approximate surface area is 163 Å². The second kappa shape index (κ2) is 6.96. The quantitative estimate of drug-likeness (QED) is 0.589. The van der Waals surface area contributed by atoms with Crippen LogP contribution in [0.4, 0.5) is 11.6 Å². The molecule has 2 aromatic carbocycles. The monoisotopic (exact) mass is 373 g/mol. The molecule has 0 unspecified atom stereocenters. The van der Waals surface area contributed by atoms with Crippen molar-refractivity contribution in [3.8, 4) is 0 Å². The van der Waals surface area contributed by atoms with Crippen LogP contribution >= 0.6 is 0 Å². The SMILES string of the molecule is Cc1cccc(Cn2nc3cc(C)nc(Nc4ccc(C)c(C)c4)n3c2=O)c1. The summed E-state index contributed by atoms with van der Waals surface area (Å²) in [6.07, 6.45) is 0. The van der Waals surface area contributed by atoms with Crippen LogP contribution in [0.15, 0.2) is 53.3 Å². The average molecular weight is 373 g/mol. The zero-order valence-corrected chi connectivity index (χ0v) is 16.5. The van der Waals surface area contributed by atoms with Crippen molar-refractivity contribution in [3.63, 3.8) is 0 Å². The molecule has 28 heavy (non-hydrogen) atoms. The van der Waals surface area contributed by atoms with Gasteiger partial charge in [-0.25, -0.2) is 18.9 Å². The van der Waals surface area contributed by atoms with Crippen LogP contribution in [-0.2, 0) is 6.54 Å². The number of fused-ring (bicyclic) bond motifs is 1. The molecule has 0 saturated carbocycles. The topological polar surface area (TPSA) is 64.2 Å². The standard InChI is InChI=1S/C22H23N5O/c1-14-6-5-7-18(10-14)13-26-22(28)27-20(25-26)12-17(4)23-21(27)24-19-9-8-15(2)16(3)11-19/h5-12H,13H2,1-4H3,(H,23,24). The predicted octanol–water partition coefficient (Wildman–Crippen LogP) is 3.92. The summed E-state index contributed by atoms with van der Waals surface area (Å²) in [5.74, 6) is 0.471. The van der Waals surface area contributed by atoms with Crippen LogP contribution in [0.3, 0.4) is 0 Å². The molecule has 0 radical (unpaired) electrons. The van der Waals surface area contributed by atoms with Crippen molar-refractivity contribution < 1.29 is 0 Å². The second-order valence-electron chi connectivity index (χ2n) is 7.27. The molecular formula is C22H23N5O. The van der Waals surface area contributed by atoms with Gasteiger partial charge in [-0.3, -0.25) is 0 Å². The van der Waals surface area contributed by atoms with E-state index in [1.807, 2.05) is 50.2 Å². The molecule has 0 saturated heterocycles. The van der Waals surface area contributed by atoms with Gasteiger partial charge < -0.3 is 5.32 Å². The molecule has 2 heterocycles. The highest BCUT2D eigenvalue weighted by Crippen LogP contribution is 2.19. The fourth-order valence-electron chi connectivity index (χ4n) is 3.27. The lowest BCUT2D eigenvalue weighted by Crippen LogP contribution is -2.23. The van der Waals surface area contributed by atoms with E-state index in [2.05, 4.69) is 41.4 Å². The summed E-state index contributed by atoms with van der Waals surface area (Å²) >= 11 is 0. The number of benzene rings is 2. The van der Waals surface area contributed by atoms with Crippen LogP contribution in [0.5, 0.6) is 0 Å². The minimum atomic E-state index is -0.213. The maximum absolute atomic E-state index is 13.0. The Morgan fingerprint density at radius 1 is 0.964 bits per heavy atom. The summed E-state index contributed by atoms with van der Waals surface area (Å²) < 4.78 is 3.01. The van der Waals surface area contributed by atoms with E-state index in [0.29, 0.717) is 18.1 Å². The number of rotatable bonds is 4. The van der Waals surface area contributed by atoms with Gasteiger partial charge in [-0.2, -0.15) is 0 Å². The second-order valence-corrected chi connectivity index (χ2v) is 7.27. The molecule has 142 valence electrons. The molecule has 4 rings (SSSR count). The van der Waals surface area contributed by atoms with Crippen LogP contribution in [0.2, 0.25) is 0 Å². The normalized spacial score (nSPS) is 11.1. The lowest BCUT2D eigenvalue weighted by Gasteiger charge is -2.09. The van der Waals surface area contributed by atoms with E-state index < -0.39 is 0 Å².